The third-order valence-corrected chi connectivity index (χ3v) is 4.69. The van der Waals surface area contributed by atoms with Crippen molar-refractivity contribution in [1.29, 1.82) is 0 Å². The van der Waals surface area contributed by atoms with Crippen molar-refractivity contribution in [3.8, 4) is 0 Å². The van der Waals surface area contributed by atoms with Crippen LogP contribution in [0.3, 0.4) is 0 Å². The Morgan fingerprint density at radius 3 is 1.52 bits per heavy atom. The average Bonchev–Trinajstić information content (AvgIpc) is 2.54. The van der Waals surface area contributed by atoms with E-state index in [0.29, 0.717) is 12.8 Å². The topological polar surface area (TPSA) is 43.4 Å². The Morgan fingerprint density at radius 1 is 0.720 bits per heavy atom. The molecule has 0 spiro atoms. The van der Waals surface area contributed by atoms with Gasteiger partial charge in [-0.1, -0.05) is 90.4 Å². The summed E-state index contributed by atoms with van der Waals surface area (Å²) in [7, 11) is 0. The molecule has 0 aliphatic carbocycles. The number of carbonyl (C=O) groups excluding carboxylic acids is 2. The highest BCUT2D eigenvalue weighted by atomic mass is 16.5. The van der Waals surface area contributed by atoms with Gasteiger partial charge in [0, 0.05) is 19.8 Å². The highest BCUT2D eigenvalue weighted by Gasteiger charge is 2.11. The van der Waals surface area contributed by atoms with Crippen LogP contribution in [0.2, 0.25) is 0 Å². The molecule has 0 aliphatic heterocycles. The van der Waals surface area contributed by atoms with Crippen molar-refractivity contribution < 1.29 is 14.3 Å². The van der Waals surface area contributed by atoms with Gasteiger partial charge in [-0.25, -0.2) is 0 Å². The van der Waals surface area contributed by atoms with Crippen LogP contribution in [0.5, 0.6) is 0 Å². The van der Waals surface area contributed by atoms with Gasteiger partial charge in [0.05, 0.1) is 0 Å². The second kappa shape index (κ2) is 17.9. The van der Waals surface area contributed by atoms with Crippen LogP contribution in [0.15, 0.2) is 0 Å². The van der Waals surface area contributed by atoms with Crippen LogP contribution < -0.4 is 0 Å². The molecule has 0 aliphatic rings. The predicted octanol–water partition coefficient (Wildman–Crippen LogP) is 6.77. The number of Topliss-reactive ketones (excluding diaryl/α,β-unsaturated/α-hetero) is 1. The quantitative estimate of drug-likeness (QED) is 0.201. The van der Waals surface area contributed by atoms with Crippen molar-refractivity contribution >= 4 is 11.8 Å². The third kappa shape index (κ3) is 19.3. The van der Waals surface area contributed by atoms with Gasteiger partial charge in [0.15, 0.2) is 0 Å². The van der Waals surface area contributed by atoms with Crippen molar-refractivity contribution in [1.82, 2.24) is 0 Å². The minimum atomic E-state index is -0.309. The maximum absolute atomic E-state index is 11.8. The van der Waals surface area contributed by atoms with E-state index in [1.807, 2.05) is 0 Å². The van der Waals surface area contributed by atoms with Gasteiger partial charge in [0.1, 0.15) is 11.9 Å². The number of esters is 1. The number of unbranched alkanes of at least 4 members (excludes halogenated alkanes) is 13. The molecule has 0 fully saturated rings. The molecule has 0 heterocycles. The zero-order valence-corrected chi connectivity index (χ0v) is 17.1. The lowest BCUT2D eigenvalue weighted by Crippen LogP contribution is -2.16. The molecule has 25 heavy (non-hydrogen) atoms. The van der Waals surface area contributed by atoms with E-state index in [0.717, 1.165) is 12.8 Å². The van der Waals surface area contributed by atoms with Gasteiger partial charge in [0.2, 0.25) is 0 Å². The highest BCUT2D eigenvalue weighted by molar-refractivity contribution is 5.79. The summed E-state index contributed by atoms with van der Waals surface area (Å²) in [5.41, 5.74) is 0. The molecule has 0 aromatic carbocycles. The fraction of sp³-hybridized carbons (Fsp3) is 0.909. The van der Waals surface area contributed by atoms with Gasteiger partial charge in [-0.3, -0.25) is 9.59 Å². The lowest BCUT2D eigenvalue weighted by molar-refractivity contribution is -0.146. The Bertz CT molecular complexity index is 325. The Morgan fingerprint density at radius 2 is 1.12 bits per heavy atom. The number of hydrogen-bond acceptors (Lipinski definition) is 3. The van der Waals surface area contributed by atoms with Gasteiger partial charge in [-0.15, -0.1) is 0 Å². The van der Waals surface area contributed by atoms with Crippen molar-refractivity contribution in [2.24, 2.45) is 0 Å². The molecular formula is C22H42O3. The number of rotatable bonds is 18. The summed E-state index contributed by atoms with van der Waals surface area (Å²) in [6.45, 7) is 5.43. The van der Waals surface area contributed by atoms with Crippen molar-refractivity contribution in [2.45, 2.75) is 130 Å². The molecule has 0 saturated carbocycles. The first-order valence-electron chi connectivity index (χ1n) is 10.7. The first-order valence-corrected chi connectivity index (χ1v) is 10.7. The van der Waals surface area contributed by atoms with E-state index < -0.39 is 0 Å². The van der Waals surface area contributed by atoms with Gasteiger partial charge in [-0.2, -0.15) is 0 Å². The molecule has 3 heteroatoms. The van der Waals surface area contributed by atoms with E-state index in [4.69, 9.17) is 4.74 Å². The van der Waals surface area contributed by atoms with E-state index in [1.165, 1.54) is 84.0 Å². The number of ether oxygens (including phenoxy) is 1. The lowest BCUT2D eigenvalue weighted by Gasteiger charge is -2.10. The van der Waals surface area contributed by atoms with E-state index in [9.17, 15) is 9.59 Å². The van der Waals surface area contributed by atoms with Crippen LogP contribution in [-0.4, -0.2) is 17.9 Å². The standard InChI is InChI=1S/C22H42O3/c1-4-5-6-7-8-9-10-11-12-13-14-15-16-17-18-22(24)19-20(2)25-21(3)23/h20H,4-19H2,1-3H3/t20-/m1/s1. The maximum Gasteiger partial charge on any atom is 0.302 e. The monoisotopic (exact) mass is 354 g/mol. The first kappa shape index (κ1) is 24.1. The molecular weight excluding hydrogens is 312 g/mol. The summed E-state index contributed by atoms with van der Waals surface area (Å²) < 4.78 is 4.99. The molecule has 0 bridgehead atoms. The zero-order chi connectivity index (χ0) is 18.8. The molecule has 1 atom stereocenters. The van der Waals surface area contributed by atoms with E-state index >= 15 is 0 Å². The lowest BCUT2D eigenvalue weighted by atomic mass is 10.0. The molecule has 0 radical (unpaired) electrons. The van der Waals surface area contributed by atoms with Crippen molar-refractivity contribution in [3.05, 3.63) is 0 Å². The second-order valence-electron chi connectivity index (χ2n) is 7.51. The summed E-state index contributed by atoms with van der Waals surface area (Å²) in [6, 6.07) is 0. The number of hydrogen-bond donors (Lipinski definition) is 0. The summed E-state index contributed by atoms with van der Waals surface area (Å²) >= 11 is 0. The van der Waals surface area contributed by atoms with Crippen molar-refractivity contribution in [2.75, 3.05) is 0 Å². The zero-order valence-electron chi connectivity index (χ0n) is 17.1. The van der Waals surface area contributed by atoms with Gasteiger partial charge in [-0.05, 0) is 13.3 Å². The highest BCUT2D eigenvalue weighted by Crippen LogP contribution is 2.14. The molecule has 0 unspecified atom stereocenters. The van der Waals surface area contributed by atoms with Crippen LogP contribution in [-0.2, 0) is 14.3 Å². The number of ketones is 1. The van der Waals surface area contributed by atoms with Crippen LogP contribution in [0.1, 0.15) is 124 Å². The second-order valence-corrected chi connectivity index (χ2v) is 7.51. The fourth-order valence-corrected chi connectivity index (χ4v) is 3.26. The minimum absolute atomic E-state index is 0.215. The minimum Gasteiger partial charge on any atom is -0.462 e. The fourth-order valence-electron chi connectivity index (χ4n) is 3.26. The summed E-state index contributed by atoms with van der Waals surface area (Å²) in [4.78, 5) is 22.6. The summed E-state index contributed by atoms with van der Waals surface area (Å²) in [5.74, 6) is -0.0931. The number of carbonyl (C=O) groups is 2. The van der Waals surface area contributed by atoms with E-state index in [1.54, 1.807) is 6.92 Å². The van der Waals surface area contributed by atoms with Gasteiger partial charge in [0.25, 0.3) is 0 Å². The van der Waals surface area contributed by atoms with E-state index in [-0.39, 0.29) is 17.9 Å². The largest absolute Gasteiger partial charge is 0.462 e. The molecule has 0 N–H and O–H groups in total. The Balaban J connectivity index is 3.23. The Hall–Kier alpha value is -0.860. The normalized spacial score (nSPS) is 12.1. The summed E-state index contributed by atoms with van der Waals surface area (Å²) in [6.07, 6.45) is 19.3. The Labute approximate surface area is 156 Å². The Kier molecular flexibility index (Phi) is 17.3. The maximum atomic E-state index is 11.8. The predicted molar refractivity (Wildman–Crippen MR) is 106 cm³/mol. The molecule has 148 valence electrons. The molecule has 3 nitrogen and oxygen atoms in total. The molecule has 0 aromatic rings. The van der Waals surface area contributed by atoms with E-state index in [2.05, 4.69) is 6.92 Å². The van der Waals surface area contributed by atoms with Crippen molar-refractivity contribution in [3.63, 3.8) is 0 Å². The molecule has 0 amide bonds. The summed E-state index contributed by atoms with van der Waals surface area (Å²) in [5, 5.41) is 0. The first-order chi connectivity index (χ1) is 12.1. The molecule has 0 rings (SSSR count). The van der Waals surface area contributed by atoms with Gasteiger partial charge >= 0.3 is 5.97 Å². The third-order valence-electron chi connectivity index (χ3n) is 4.69. The SMILES string of the molecule is CCCCCCCCCCCCCCCCC(=O)C[C@@H](C)OC(C)=O. The average molecular weight is 355 g/mol. The van der Waals surface area contributed by atoms with Gasteiger partial charge < -0.3 is 4.74 Å². The van der Waals surface area contributed by atoms with Crippen LogP contribution >= 0.6 is 0 Å². The van der Waals surface area contributed by atoms with Crippen LogP contribution in [0.25, 0.3) is 0 Å². The van der Waals surface area contributed by atoms with Crippen LogP contribution in [0, 0.1) is 0 Å². The molecule has 0 aromatic heterocycles. The van der Waals surface area contributed by atoms with Crippen LogP contribution in [0.4, 0.5) is 0 Å². The smallest absolute Gasteiger partial charge is 0.302 e. The molecule has 0 saturated heterocycles.